The van der Waals surface area contributed by atoms with E-state index in [1.165, 1.54) is 5.56 Å². The number of benzene rings is 1. The van der Waals surface area contributed by atoms with E-state index >= 15 is 0 Å². The molecule has 1 aromatic carbocycles. The topological polar surface area (TPSA) is 57.0 Å². The molecule has 0 saturated carbocycles. The highest BCUT2D eigenvalue weighted by atomic mass is 15.3. The van der Waals surface area contributed by atoms with Gasteiger partial charge in [-0.05, 0) is 17.5 Å². The SMILES string of the molecule is CC(C)c1ccc2c(N)cn(N)c2c1. The van der Waals surface area contributed by atoms with Crippen LogP contribution in [0.15, 0.2) is 24.4 Å². The van der Waals surface area contributed by atoms with E-state index < -0.39 is 0 Å². The first-order chi connectivity index (χ1) is 6.59. The van der Waals surface area contributed by atoms with Gasteiger partial charge in [-0.15, -0.1) is 0 Å². The number of nitrogen functional groups attached to an aromatic ring is 2. The number of nitrogens with zero attached hydrogens (tertiary/aromatic N) is 1. The Hall–Kier alpha value is -1.64. The highest BCUT2D eigenvalue weighted by Crippen LogP contribution is 2.25. The lowest BCUT2D eigenvalue weighted by Crippen LogP contribution is -2.05. The highest BCUT2D eigenvalue weighted by molar-refractivity contribution is 5.92. The molecule has 0 saturated heterocycles. The van der Waals surface area contributed by atoms with Crippen LogP contribution in [0, 0.1) is 0 Å². The second-order valence-electron chi connectivity index (χ2n) is 3.92. The van der Waals surface area contributed by atoms with E-state index in [0.717, 1.165) is 16.6 Å². The van der Waals surface area contributed by atoms with E-state index in [0.29, 0.717) is 5.92 Å². The smallest absolute Gasteiger partial charge is 0.0714 e. The second kappa shape index (κ2) is 2.94. The van der Waals surface area contributed by atoms with Crippen molar-refractivity contribution >= 4 is 16.6 Å². The van der Waals surface area contributed by atoms with Gasteiger partial charge in [-0.3, -0.25) is 4.68 Å². The second-order valence-corrected chi connectivity index (χ2v) is 3.92. The lowest BCUT2D eigenvalue weighted by atomic mass is 10.0. The number of anilines is 1. The van der Waals surface area contributed by atoms with Crippen molar-refractivity contribution in [3.8, 4) is 0 Å². The Balaban J connectivity index is 2.71. The highest BCUT2D eigenvalue weighted by Gasteiger charge is 2.06. The maximum Gasteiger partial charge on any atom is 0.0714 e. The summed E-state index contributed by atoms with van der Waals surface area (Å²) in [5.41, 5.74) is 8.81. The van der Waals surface area contributed by atoms with Gasteiger partial charge in [0.25, 0.3) is 0 Å². The molecular formula is C11H15N3. The summed E-state index contributed by atoms with van der Waals surface area (Å²) in [5, 5.41) is 1.02. The number of nitrogens with two attached hydrogens (primary N) is 2. The van der Waals surface area contributed by atoms with Crippen molar-refractivity contribution in [1.82, 2.24) is 4.68 Å². The third kappa shape index (κ3) is 1.21. The number of rotatable bonds is 1. The molecule has 3 nitrogen and oxygen atoms in total. The molecule has 0 aliphatic rings. The predicted molar refractivity (Wildman–Crippen MR) is 60.6 cm³/mol. The molecule has 0 bridgehead atoms. The zero-order valence-corrected chi connectivity index (χ0v) is 8.49. The summed E-state index contributed by atoms with van der Waals surface area (Å²) in [6.07, 6.45) is 1.74. The maximum absolute atomic E-state index is 5.80. The van der Waals surface area contributed by atoms with Crippen LogP contribution in [0.2, 0.25) is 0 Å². The van der Waals surface area contributed by atoms with Crippen LogP contribution >= 0.6 is 0 Å². The molecule has 0 spiro atoms. The van der Waals surface area contributed by atoms with Crippen molar-refractivity contribution in [1.29, 1.82) is 0 Å². The Morgan fingerprint density at radius 2 is 2.00 bits per heavy atom. The van der Waals surface area contributed by atoms with Crippen molar-refractivity contribution in [2.75, 3.05) is 11.6 Å². The van der Waals surface area contributed by atoms with Gasteiger partial charge in [-0.25, -0.2) is 0 Å². The van der Waals surface area contributed by atoms with Crippen LogP contribution in [0.3, 0.4) is 0 Å². The Morgan fingerprint density at radius 1 is 1.29 bits per heavy atom. The quantitative estimate of drug-likeness (QED) is 0.675. The summed E-state index contributed by atoms with van der Waals surface area (Å²) in [6, 6.07) is 6.23. The van der Waals surface area contributed by atoms with E-state index in [9.17, 15) is 0 Å². The van der Waals surface area contributed by atoms with E-state index in [1.54, 1.807) is 10.9 Å². The summed E-state index contributed by atoms with van der Waals surface area (Å²) < 4.78 is 1.58. The fraction of sp³-hybridized carbons (Fsp3) is 0.273. The first-order valence-corrected chi connectivity index (χ1v) is 4.75. The van der Waals surface area contributed by atoms with Crippen LogP contribution < -0.4 is 11.6 Å². The van der Waals surface area contributed by atoms with Crippen LogP contribution in [0.4, 0.5) is 5.69 Å². The zero-order valence-electron chi connectivity index (χ0n) is 8.49. The van der Waals surface area contributed by atoms with Crippen LogP contribution in [-0.2, 0) is 0 Å². The molecule has 0 fully saturated rings. The van der Waals surface area contributed by atoms with Gasteiger partial charge < -0.3 is 11.6 Å². The van der Waals surface area contributed by atoms with Crippen LogP contribution in [-0.4, -0.2) is 4.68 Å². The number of hydrogen-bond acceptors (Lipinski definition) is 2. The van der Waals surface area contributed by atoms with Crippen LogP contribution in [0.25, 0.3) is 10.9 Å². The molecule has 2 rings (SSSR count). The molecular weight excluding hydrogens is 174 g/mol. The van der Waals surface area contributed by atoms with E-state index in [2.05, 4.69) is 26.0 Å². The lowest BCUT2D eigenvalue weighted by molar-refractivity contribution is 0.867. The number of fused-ring (bicyclic) bond motifs is 1. The van der Waals surface area contributed by atoms with Crippen molar-refractivity contribution in [2.45, 2.75) is 19.8 Å². The molecule has 1 aromatic heterocycles. The summed E-state index contributed by atoms with van der Waals surface area (Å²) in [6.45, 7) is 4.32. The fourth-order valence-electron chi connectivity index (χ4n) is 1.65. The Labute approximate surface area is 83.3 Å². The minimum Gasteiger partial charge on any atom is -0.397 e. The zero-order chi connectivity index (χ0) is 10.3. The van der Waals surface area contributed by atoms with Crippen molar-refractivity contribution < 1.29 is 0 Å². The molecule has 1 heterocycles. The summed E-state index contributed by atoms with van der Waals surface area (Å²) in [5.74, 6) is 6.29. The predicted octanol–water partition coefficient (Wildman–Crippen LogP) is 2.06. The average Bonchev–Trinajstić information content (AvgIpc) is 2.42. The largest absolute Gasteiger partial charge is 0.397 e. The lowest BCUT2D eigenvalue weighted by Gasteiger charge is -2.05. The van der Waals surface area contributed by atoms with E-state index in [-0.39, 0.29) is 0 Å². The number of aromatic nitrogens is 1. The van der Waals surface area contributed by atoms with Crippen molar-refractivity contribution in [2.24, 2.45) is 0 Å². The normalized spacial score (nSPS) is 11.4. The molecule has 0 amide bonds. The average molecular weight is 189 g/mol. The van der Waals surface area contributed by atoms with Gasteiger partial charge in [0.1, 0.15) is 0 Å². The van der Waals surface area contributed by atoms with Crippen LogP contribution in [0.1, 0.15) is 25.3 Å². The van der Waals surface area contributed by atoms with Crippen molar-refractivity contribution in [3.05, 3.63) is 30.0 Å². The monoisotopic (exact) mass is 189 g/mol. The van der Waals surface area contributed by atoms with Gasteiger partial charge in [-0.2, -0.15) is 0 Å². The summed E-state index contributed by atoms with van der Waals surface area (Å²) in [4.78, 5) is 0. The minimum absolute atomic E-state index is 0.510. The van der Waals surface area contributed by atoms with Gasteiger partial charge in [0.05, 0.1) is 11.2 Å². The molecule has 74 valence electrons. The van der Waals surface area contributed by atoms with E-state index in [1.807, 2.05) is 6.07 Å². The Kier molecular flexibility index (Phi) is 1.88. The fourth-order valence-corrected chi connectivity index (χ4v) is 1.65. The van der Waals surface area contributed by atoms with Gasteiger partial charge in [0.15, 0.2) is 0 Å². The molecule has 0 unspecified atom stereocenters. The molecule has 0 radical (unpaired) electrons. The van der Waals surface area contributed by atoms with Gasteiger partial charge in [-0.1, -0.05) is 26.0 Å². The first-order valence-electron chi connectivity index (χ1n) is 4.75. The Bertz CT molecular complexity index is 469. The standard InChI is InChI=1S/C11H15N3/c1-7(2)8-3-4-9-10(12)6-14(13)11(9)5-8/h3-7H,12-13H2,1-2H3. The molecule has 2 aromatic rings. The molecule has 3 heteroatoms. The molecule has 0 atom stereocenters. The van der Waals surface area contributed by atoms with Gasteiger partial charge >= 0.3 is 0 Å². The third-order valence-corrected chi connectivity index (χ3v) is 2.56. The van der Waals surface area contributed by atoms with Crippen molar-refractivity contribution in [3.63, 3.8) is 0 Å². The Morgan fingerprint density at radius 3 is 2.64 bits per heavy atom. The molecule has 0 aliphatic carbocycles. The first kappa shape index (κ1) is 8.94. The maximum atomic E-state index is 5.80. The third-order valence-electron chi connectivity index (χ3n) is 2.56. The van der Waals surface area contributed by atoms with Gasteiger partial charge in [0, 0.05) is 11.6 Å². The molecule has 0 aliphatic heterocycles. The van der Waals surface area contributed by atoms with Gasteiger partial charge in [0.2, 0.25) is 0 Å². The van der Waals surface area contributed by atoms with E-state index in [4.69, 9.17) is 11.6 Å². The number of hydrogen-bond donors (Lipinski definition) is 2. The summed E-state index contributed by atoms with van der Waals surface area (Å²) >= 11 is 0. The molecule has 14 heavy (non-hydrogen) atoms. The summed E-state index contributed by atoms with van der Waals surface area (Å²) in [7, 11) is 0. The van der Waals surface area contributed by atoms with Crippen LogP contribution in [0.5, 0.6) is 0 Å². The molecule has 4 N–H and O–H groups in total. The minimum atomic E-state index is 0.510.